The quantitative estimate of drug-likeness (QED) is 0.0691. The highest BCUT2D eigenvalue weighted by Gasteiger charge is 2.32. The normalized spacial score (nSPS) is 14.5. The van der Waals surface area contributed by atoms with Gasteiger partial charge in [0.25, 0.3) is 0 Å². The summed E-state index contributed by atoms with van der Waals surface area (Å²) in [4.78, 5) is 42.4. The number of hydrogen-bond donors (Lipinski definition) is 3. The number of carbonyl (C=O) groups is 2. The van der Waals surface area contributed by atoms with E-state index in [1.165, 1.54) is 25.3 Å². The van der Waals surface area contributed by atoms with Gasteiger partial charge in [0.2, 0.25) is 5.91 Å². The van der Waals surface area contributed by atoms with Crippen molar-refractivity contribution in [2.75, 3.05) is 63.9 Å². The first-order chi connectivity index (χ1) is 46.4. The molecule has 2 aromatic carbocycles. The zero-order valence-electron chi connectivity index (χ0n) is 66.0. The minimum Gasteiger partial charge on any atom is -0.492 e. The molecule has 2 aliphatic heterocycles. The number of anilines is 1. The van der Waals surface area contributed by atoms with Crippen LogP contribution < -0.4 is 15.4 Å². The fourth-order valence-corrected chi connectivity index (χ4v) is 10.3. The Balaban J connectivity index is 0.000000309. The van der Waals surface area contributed by atoms with Crippen LogP contribution in [0.25, 0.3) is 21.8 Å². The van der Waals surface area contributed by atoms with Gasteiger partial charge in [0.15, 0.2) is 0 Å². The number of ketones is 1. The average molecular weight is 1370 g/mol. The van der Waals surface area contributed by atoms with E-state index in [2.05, 4.69) is 237 Å². The number of nitrogens with two attached hydrogens (primary N) is 1. The monoisotopic (exact) mass is 1370 g/mol. The Morgan fingerprint density at radius 2 is 1.16 bits per heavy atom. The van der Waals surface area contributed by atoms with Gasteiger partial charge in [-0.1, -0.05) is 137 Å². The minimum atomic E-state index is -0.632. The third kappa shape index (κ3) is 40.3. The highest BCUT2D eigenvalue weighted by molar-refractivity contribution is 5.85. The predicted molar refractivity (Wildman–Crippen MR) is 418 cm³/mol. The molecule has 6 aromatic rings. The van der Waals surface area contributed by atoms with Gasteiger partial charge in [-0.05, 0) is 184 Å². The van der Waals surface area contributed by atoms with Crippen molar-refractivity contribution in [2.45, 2.75) is 242 Å². The summed E-state index contributed by atoms with van der Waals surface area (Å²) >= 11 is 0. The number of hydrogen-bond acceptors (Lipinski definition) is 13. The van der Waals surface area contributed by atoms with Gasteiger partial charge in [0.1, 0.15) is 28.8 Å². The molecule has 6 heterocycles. The number of nitrogens with zero attached hydrogens (tertiary/aromatic N) is 9. The lowest BCUT2D eigenvalue weighted by molar-refractivity contribution is -0.119. The van der Waals surface area contributed by atoms with Crippen molar-refractivity contribution >= 4 is 39.2 Å². The van der Waals surface area contributed by atoms with E-state index >= 15 is 0 Å². The highest BCUT2D eigenvalue weighted by Crippen LogP contribution is 2.32. The fraction of sp³-hybridized carbons (Fsp3) is 0.612. The summed E-state index contributed by atoms with van der Waals surface area (Å²) in [6, 6.07) is 24.1. The van der Waals surface area contributed by atoms with Crippen molar-refractivity contribution in [1.82, 2.24) is 39.5 Å². The molecule has 15 heteroatoms. The summed E-state index contributed by atoms with van der Waals surface area (Å²) in [6.07, 6.45) is 16.0. The summed E-state index contributed by atoms with van der Waals surface area (Å²) < 4.78 is 8.01. The van der Waals surface area contributed by atoms with Crippen molar-refractivity contribution in [3.8, 4) is 41.3 Å². The number of aliphatic hydroxyl groups excluding tert-OH is 1. The summed E-state index contributed by atoms with van der Waals surface area (Å²) in [5.41, 5.74) is 10.0. The molecule has 1 saturated carbocycles. The molecule has 9 rings (SSSR count). The van der Waals surface area contributed by atoms with Gasteiger partial charge in [-0.3, -0.25) is 34.3 Å². The van der Waals surface area contributed by atoms with E-state index < -0.39 is 5.60 Å². The first-order valence-corrected chi connectivity index (χ1v) is 36.4. The number of aliphatic hydroxyl groups is 2. The number of amides is 1. The molecule has 3 aliphatic rings. The molecule has 1 aliphatic carbocycles. The molecule has 550 valence electrons. The van der Waals surface area contributed by atoms with Gasteiger partial charge < -0.3 is 30.2 Å². The van der Waals surface area contributed by atoms with Crippen LogP contribution in [0, 0.1) is 80.4 Å². The molecule has 0 bridgehead atoms. The van der Waals surface area contributed by atoms with E-state index in [1.54, 1.807) is 12.4 Å². The molecule has 1 saturated heterocycles. The van der Waals surface area contributed by atoms with Crippen LogP contribution in [0.3, 0.4) is 0 Å². The number of fused-ring (bicyclic) bond motifs is 3. The number of aryl methyl sites for hydroxylation is 1. The molecule has 100 heavy (non-hydrogen) atoms. The molecule has 1 amide bonds. The fourth-order valence-electron chi connectivity index (χ4n) is 10.3. The second-order valence-electron chi connectivity index (χ2n) is 34.7. The SMILES string of the molecule is CC(C)(C)C#CC1(O)CCC1.CC(C)(C)C#CCCCO.CC(C)(C)C#CCCOc1cccc2ncccc12.CC(C)(C)CCC(=O)Cc1ccc2cccnc2c1.CC(C)(C)CCC(N)=O.CC(C)(C)CN1CCN(c2ccncc2)CC1.Cc1nnc2n1CCN(CC(C)(C)C)C2. The maximum absolute atomic E-state index is 12.0. The van der Waals surface area contributed by atoms with Crippen molar-refractivity contribution < 1.29 is 24.5 Å². The van der Waals surface area contributed by atoms with Gasteiger partial charge in [0, 0.05) is 149 Å². The molecule has 2 fully saturated rings. The van der Waals surface area contributed by atoms with Gasteiger partial charge >= 0.3 is 0 Å². The standard InChI is InChI=1S/C17H19NO.C17H21NO.C14H23N3.C11H20N4.C10H16O.C9H16O.C7H15NO/c1-17(2,3)11-4-5-13-19-16-10-6-9-15-14(16)8-7-12-18-15;1-17(2,3)9-8-15(19)11-13-6-7-14-5-4-10-18-16(14)12-13;1-14(2,3)12-16-8-10-17(11-9-16)13-4-6-15-7-5-13;1-9-12-13-10-7-14(5-6-15(9)10)8-11(2,3)4;1-9(2,3)7-8-10(11)5-4-6-10;1-9(2,3)7-5-4-6-8-10;1-7(2,3)5-4-6(8)9/h6-10,12H,5,13H2,1-3H3;4-7,10,12H,8-9,11H2,1-3H3;4-7H,8-12H2,1-3H3;5-8H2,1-4H3;11H,4-6H2,1-3H3;10H,4,6,8H2,1-3H3;4-5H2,1-3H3,(H2,8,9). The number of Topliss-reactive ketones (excluding diaryl/α,β-unsaturated/α-hetero) is 1. The predicted octanol–water partition coefficient (Wildman–Crippen LogP) is 17.0. The number of benzene rings is 2. The number of piperazine rings is 1. The summed E-state index contributed by atoms with van der Waals surface area (Å²) in [5, 5.41) is 28.5. The summed E-state index contributed by atoms with van der Waals surface area (Å²) in [7, 11) is 0. The number of aromatic nitrogens is 6. The molecule has 0 spiro atoms. The molecule has 0 atom stereocenters. The zero-order valence-corrected chi connectivity index (χ0v) is 66.0. The molecular weight excluding hydrogens is 1240 g/mol. The molecule has 0 unspecified atom stereocenters. The van der Waals surface area contributed by atoms with Gasteiger partial charge in [-0.25, -0.2) is 0 Å². The van der Waals surface area contributed by atoms with Crippen molar-refractivity contribution in [2.24, 2.45) is 43.6 Å². The molecule has 4 N–H and O–H groups in total. The first-order valence-electron chi connectivity index (χ1n) is 36.4. The smallest absolute Gasteiger partial charge is 0.217 e. The Hall–Kier alpha value is -7.19. The van der Waals surface area contributed by atoms with E-state index in [0.29, 0.717) is 42.5 Å². The van der Waals surface area contributed by atoms with Crippen LogP contribution in [0.1, 0.15) is 227 Å². The Labute approximate surface area is 605 Å². The van der Waals surface area contributed by atoms with Crippen LogP contribution in [-0.2, 0) is 29.1 Å². The number of rotatable bonds is 14. The topological polar surface area (TPSA) is 189 Å². The van der Waals surface area contributed by atoms with Crippen LogP contribution in [-0.4, -0.2) is 126 Å². The van der Waals surface area contributed by atoms with Crippen LogP contribution in [0.2, 0.25) is 0 Å². The van der Waals surface area contributed by atoms with Gasteiger partial charge in [-0.2, -0.15) is 0 Å². The number of ether oxygens (including phenoxy) is 1. The van der Waals surface area contributed by atoms with Gasteiger partial charge in [-0.15, -0.1) is 16.1 Å². The second kappa shape index (κ2) is 41.0. The van der Waals surface area contributed by atoms with Crippen LogP contribution in [0.4, 0.5) is 5.69 Å². The van der Waals surface area contributed by atoms with Crippen LogP contribution in [0.15, 0.2) is 97.6 Å². The van der Waals surface area contributed by atoms with Crippen molar-refractivity contribution in [3.05, 3.63) is 115 Å². The van der Waals surface area contributed by atoms with Crippen molar-refractivity contribution in [1.29, 1.82) is 0 Å². The van der Waals surface area contributed by atoms with Gasteiger partial charge in [0.05, 0.1) is 24.2 Å². The molecule has 15 nitrogen and oxygen atoms in total. The van der Waals surface area contributed by atoms with Crippen LogP contribution >= 0.6 is 0 Å². The van der Waals surface area contributed by atoms with Crippen LogP contribution in [0.5, 0.6) is 5.75 Å². The van der Waals surface area contributed by atoms with Crippen molar-refractivity contribution in [3.63, 3.8) is 0 Å². The molecular formula is C85H130N10O5. The van der Waals surface area contributed by atoms with E-state index in [4.69, 9.17) is 15.6 Å². The molecule has 0 radical (unpaired) electrons. The minimum absolute atomic E-state index is 0.0192. The Kier molecular flexibility index (Phi) is 35.7. The summed E-state index contributed by atoms with van der Waals surface area (Å²) in [6.45, 7) is 58.1. The lowest BCUT2D eigenvalue weighted by Gasteiger charge is -2.38. The van der Waals surface area contributed by atoms with E-state index in [0.717, 1.165) is 135 Å². The number of carbonyl (C=O) groups excluding carboxylic acids is 2. The number of unbranched alkanes of at least 4 members (excludes halogenated alkanes) is 1. The van der Waals surface area contributed by atoms with E-state index in [-0.39, 0.29) is 39.6 Å². The average Bonchev–Trinajstić information content (AvgIpc) is 1.49. The summed E-state index contributed by atoms with van der Waals surface area (Å²) in [5.74, 6) is 21.6. The van der Waals surface area contributed by atoms with E-state index in [9.17, 15) is 14.7 Å². The maximum atomic E-state index is 12.0. The Morgan fingerprint density at radius 3 is 1.70 bits per heavy atom. The number of primary amides is 1. The third-order valence-electron chi connectivity index (χ3n) is 15.5. The second-order valence-corrected chi connectivity index (χ2v) is 34.7. The largest absolute Gasteiger partial charge is 0.492 e. The lowest BCUT2D eigenvalue weighted by atomic mass is 9.80. The maximum Gasteiger partial charge on any atom is 0.217 e. The molecule has 4 aromatic heterocycles. The van der Waals surface area contributed by atoms with E-state index in [1.807, 2.05) is 80.0 Å². The third-order valence-corrected chi connectivity index (χ3v) is 15.5. The first kappa shape index (κ1) is 87.0. The Bertz CT molecular complexity index is 3570. The Morgan fingerprint density at radius 1 is 0.600 bits per heavy atom. The lowest BCUT2D eigenvalue weighted by Crippen LogP contribution is -2.48. The zero-order chi connectivity index (χ0) is 75.0. The number of pyridine rings is 3. The highest BCUT2D eigenvalue weighted by atomic mass is 16.5.